The lowest BCUT2D eigenvalue weighted by Gasteiger charge is -2.48. The molecular weight excluding hydrogens is 174 g/mol. The van der Waals surface area contributed by atoms with E-state index in [1.807, 2.05) is 6.92 Å². The smallest absolute Gasteiger partial charge is 0.108 e. The Hall–Kier alpha value is -0.0800. The van der Waals surface area contributed by atoms with E-state index in [1.54, 1.807) is 0 Å². The summed E-state index contributed by atoms with van der Waals surface area (Å²) in [6, 6.07) is 0. The summed E-state index contributed by atoms with van der Waals surface area (Å²) in [7, 11) is 0. The van der Waals surface area contributed by atoms with Crippen molar-refractivity contribution >= 4 is 0 Å². The van der Waals surface area contributed by atoms with Gasteiger partial charge in [-0.1, -0.05) is 0 Å². The van der Waals surface area contributed by atoms with Gasteiger partial charge in [0.2, 0.25) is 0 Å². The molecule has 0 aliphatic rings. The Kier molecular flexibility index (Phi) is 4.60. The maximum absolute atomic E-state index is 5.68. The van der Waals surface area contributed by atoms with Crippen molar-refractivity contribution in [1.29, 1.82) is 0 Å². The summed E-state index contributed by atoms with van der Waals surface area (Å²) in [5, 5.41) is 0. The molecule has 0 heterocycles. The summed E-state index contributed by atoms with van der Waals surface area (Å²) in [6.07, 6.45) is 0.167. The standard InChI is InChI=1S/C12H27NO/c1-9-14-10(2)13(11(3,4)5)12(6,7)8/h10H,9H2,1-8H3. The maximum atomic E-state index is 5.68. The minimum atomic E-state index is 0.132. The predicted molar refractivity (Wildman–Crippen MR) is 62.4 cm³/mol. The normalized spacial score (nSPS) is 16.1. The quantitative estimate of drug-likeness (QED) is 0.650. The molecule has 0 bridgehead atoms. The predicted octanol–water partition coefficient (Wildman–Crippen LogP) is 3.27. The summed E-state index contributed by atoms with van der Waals surface area (Å²) >= 11 is 0. The Labute approximate surface area is 89.6 Å². The third-order valence-electron chi connectivity index (χ3n) is 2.22. The van der Waals surface area contributed by atoms with E-state index in [9.17, 15) is 0 Å². The van der Waals surface area contributed by atoms with Gasteiger partial charge in [-0.2, -0.15) is 0 Å². The number of hydrogen-bond acceptors (Lipinski definition) is 2. The summed E-state index contributed by atoms with van der Waals surface area (Å²) in [6.45, 7) is 18.3. The van der Waals surface area contributed by atoms with E-state index >= 15 is 0 Å². The Morgan fingerprint density at radius 1 is 1.00 bits per heavy atom. The lowest BCUT2D eigenvalue weighted by atomic mass is 9.95. The highest BCUT2D eigenvalue weighted by molar-refractivity contribution is 4.87. The summed E-state index contributed by atoms with van der Waals surface area (Å²) in [5.74, 6) is 0. The molecule has 1 unspecified atom stereocenters. The Morgan fingerprint density at radius 3 is 1.57 bits per heavy atom. The third-order valence-corrected chi connectivity index (χ3v) is 2.22. The summed E-state index contributed by atoms with van der Waals surface area (Å²) in [4.78, 5) is 2.41. The molecule has 0 N–H and O–H groups in total. The molecule has 86 valence electrons. The number of nitrogens with zero attached hydrogens (tertiary/aromatic N) is 1. The first kappa shape index (κ1) is 13.9. The molecule has 14 heavy (non-hydrogen) atoms. The van der Waals surface area contributed by atoms with Crippen LogP contribution < -0.4 is 0 Å². The molecule has 0 aliphatic carbocycles. The second-order valence-electron chi connectivity index (χ2n) is 5.77. The zero-order valence-corrected chi connectivity index (χ0v) is 11.1. The molecule has 0 amide bonds. The molecule has 0 aromatic rings. The number of ether oxygens (including phenoxy) is 1. The van der Waals surface area contributed by atoms with Gasteiger partial charge in [-0.05, 0) is 55.4 Å². The van der Waals surface area contributed by atoms with Crippen LogP contribution in [0.2, 0.25) is 0 Å². The fourth-order valence-electron chi connectivity index (χ4n) is 2.41. The number of rotatable bonds is 3. The Balaban J connectivity index is 4.74. The van der Waals surface area contributed by atoms with Crippen molar-refractivity contribution in [2.24, 2.45) is 0 Å². The van der Waals surface area contributed by atoms with Crippen molar-refractivity contribution in [3.63, 3.8) is 0 Å². The van der Waals surface area contributed by atoms with Crippen LogP contribution in [0.5, 0.6) is 0 Å². The maximum Gasteiger partial charge on any atom is 0.108 e. The molecule has 0 aromatic heterocycles. The molecule has 0 fully saturated rings. The lowest BCUT2D eigenvalue weighted by Crippen LogP contribution is -2.57. The van der Waals surface area contributed by atoms with E-state index in [4.69, 9.17) is 4.74 Å². The molecule has 0 spiro atoms. The minimum absolute atomic E-state index is 0.132. The monoisotopic (exact) mass is 201 g/mol. The van der Waals surface area contributed by atoms with Gasteiger partial charge in [0.05, 0.1) is 0 Å². The highest BCUT2D eigenvalue weighted by atomic mass is 16.5. The topological polar surface area (TPSA) is 12.5 Å². The minimum Gasteiger partial charge on any atom is -0.364 e. The first-order valence-corrected chi connectivity index (χ1v) is 5.51. The fraction of sp³-hybridized carbons (Fsp3) is 1.00. The van der Waals surface area contributed by atoms with Gasteiger partial charge < -0.3 is 4.74 Å². The Bertz CT molecular complexity index is 150. The van der Waals surface area contributed by atoms with E-state index in [0.29, 0.717) is 0 Å². The molecule has 0 aliphatic heterocycles. The van der Waals surface area contributed by atoms with Crippen molar-refractivity contribution in [3.05, 3.63) is 0 Å². The number of hydrogen-bond donors (Lipinski definition) is 0. The zero-order valence-electron chi connectivity index (χ0n) is 11.1. The first-order valence-electron chi connectivity index (χ1n) is 5.51. The van der Waals surface area contributed by atoms with Crippen LogP contribution in [0.4, 0.5) is 0 Å². The molecule has 0 aromatic carbocycles. The molecule has 2 nitrogen and oxygen atoms in total. The van der Waals surface area contributed by atoms with Gasteiger partial charge in [0.1, 0.15) is 6.23 Å². The average Bonchev–Trinajstić information content (AvgIpc) is 1.78. The van der Waals surface area contributed by atoms with Crippen molar-refractivity contribution < 1.29 is 4.74 Å². The van der Waals surface area contributed by atoms with Gasteiger partial charge in [-0.3, -0.25) is 4.90 Å². The van der Waals surface area contributed by atoms with Crippen LogP contribution in [0.1, 0.15) is 55.4 Å². The molecule has 0 saturated carbocycles. The third kappa shape index (κ3) is 3.97. The molecule has 1 atom stereocenters. The second kappa shape index (κ2) is 4.63. The van der Waals surface area contributed by atoms with Crippen LogP contribution in [0, 0.1) is 0 Å². The highest BCUT2D eigenvalue weighted by Crippen LogP contribution is 2.27. The van der Waals surface area contributed by atoms with Crippen LogP contribution in [0.3, 0.4) is 0 Å². The van der Waals surface area contributed by atoms with Gasteiger partial charge >= 0.3 is 0 Å². The van der Waals surface area contributed by atoms with Crippen molar-refractivity contribution in [3.8, 4) is 0 Å². The van der Waals surface area contributed by atoms with Crippen molar-refractivity contribution in [2.75, 3.05) is 6.61 Å². The van der Waals surface area contributed by atoms with E-state index in [2.05, 4.69) is 53.4 Å². The largest absolute Gasteiger partial charge is 0.364 e. The fourth-order valence-corrected chi connectivity index (χ4v) is 2.41. The van der Waals surface area contributed by atoms with E-state index in [0.717, 1.165) is 6.61 Å². The molecular formula is C12H27NO. The van der Waals surface area contributed by atoms with Crippen LogP contribution >= 0.6 is 0 Å². The summed E-state index contributed by atoms with van der Waals surface area (Å²) < 4.78 is 5.68. The highest BCUT2D eigenvalue weighted by Gasteiger charge is 2.35. The van der Waals surface area contributed by atoms with Gasteiger partial charge in [-0.15, -0.1) is 0 Å². The van der Waals surface area contributed by atoms with Gasteiger partial charge in [-0.25, -0.2) is 0 Å². The summed E-state index contributed by atoms with van der Waals surface area (Å²) in [5.41, 5.74) is 0.264. The van der Waals surface area contributed by atoms with Crippen LogP contribution in [-0.4, -0.2) is 28.8 Å². The van der Waals surface area contributed by atoms with Crippen LogP contribution in [0.15, 0.2) is 0 Å². The van der Waals surface area contributed by atoms with Gasteiger partial charge in [0.15, 0.2) is 0 Å². The molecule has 0 rings (SSSR count). The molecule has 2 heteroatoms. The van der Waals surface area contributed by atoms with Crippen molar-refractivity contribution in [2.45, 2.75) is 72.7 Å². The molecule has 0 radical (unpaired) electrons. The second-order valence-corrected chi connectivity index (χ2v) is 5.77. The van der Waals surface area contributed by atoms with E-state index in [1.165, 1.54) is 0 Å². The van der Waals surface area contributed by atoms with Crippen molar-refractivity contribution in [1.82, 2.24) is 4.90 Å². The van der Waals surface area contributed by atoms with E-state index < -0.39 is 0 Å². The van der Waals surface area contributed by atoms with Crippen LogP contribution in [0.25, 0.3) is 0 Å². The SMILES string of the molecule is CCOC(C)N(C(C)(C)C)C(C)(C)C. The van der Waals surface area contributed by atoms with Gasteiger partial charge in [0.25, 0.3) is 0 Å². The molecule has 0 saturated heterocycles. The van der Waals surface area contributed by atoms with Gasteiger partial charge in [0, 0.05) is 17.7 Å². The van der Waals surface area contributed by atoms with E-state index in [-0.39, 0.29) is 17.3 Å². The Morgan fingerprint density at radius 2 is 1.36 bits per heavy atom. The lowest BCUT2D eigenvalue weighted by molar-refractivity contribution is -0.126. The average molecular weight is 201 g/mol. The zero-order chi connectivity index (χ0) is 11.6. The first-order chi connectivity index (χ1) is 6.10. The van der Waals surface area contributed by atoms with Crippen LogP contribution in [-0.2, 0) is 4.74 Å².